The second-order valence-electron chi connectivity index (χ2n) is 9.46. The normalized spacial score (nSPS) is 19.4. The molecule has 11 heteroatoms. The zero-order chi connectivity index (χ0) is 27.3. The van der Waals surface area contributed by atoms with Crippen LogP contribution in [0.1, 0.15) is 32.0 Å². The average Bonchev–Trinajstić information content (AvgIpc) is 3.41. The van der Waals surface area contributed by atoms with E-state index >= 15 is 0 Å². The molecule has 2 amide bonds. The quantitative estimate of drug-likeness (QED) is 0.288. The molecule has 0 saturated carbocycles. The van der Waals surface area contributed by atoms with E-state index in [4.69, 9.17) is 14.2 Å². The van der Waals surface area contributed by atoms with Crippen molar-refractivity contribution in [2.24, 2.45) is 0 Å². The number of nitrogens with zero attached hydrogens (tertiary/aromatic N) is 2. The number of ether oxygens (including phenoxy) is 3. The molecule has 1 fully saturated rings. The molecule has 4 rings (SSSR count). The Morgan fingerprint density at radius 2 is 1.92 bits per heavy atom. The highest BCUT2D eigenvalue weighted by Crippen LogP contribution is 2.41. The monoisotopic (exact) mass is 555 g/mol. The van der Waals surface area contributed by atoms with Crippen LogP contribution >= 0.6 is 23.1 Å². The van der Waals surface area contributed by atoms with E-state index in [0.717, 1.165) is 11.3 Å². The van der Waals surface area contributed by atoms with E-state index in [1.54, 1.807) is 69.8 Å². The Morgan fingerprint density at radius 1 is 1.18 bits per heavy atom. The number of benzene rings is 1. The van der Waals surface area contributed by atoms with E-state index in [1.165, 1.54) is 28.0 Å². The molecule has 0 bridgehead atoms. The molecule has 0 unspecified atom stereocenters. The van der Waals surface area contributed by atoms with Crippen LogP contribution in [0.2, 0.25) is 0 Å². The van der Waals surface area contributed by atoms with Crippen LogP contribution in [0, 0.1) is 0 Å². The van der Waals surface area contributed by atoms with Crippen molar-refractivity contribution in [3.05, 3.63) is 75.9 Å². The molecule has 2 aromatic rings. The highest BCUT2D eigenvalue weighted by Gasteiger charge is 2.54. The molecule has 0 radical (unpaired) electrons. The molecule has 3 heterocycles. The second-order valence-corrected chi connectivity index (χ2v) is 11.3. The Balaban J connectivity index is 1.52. The molecule has 2 aliphatic rings. The largest absolute Gasteiger partial charge is 0.497 e. The minimum absolute atomic E-state index is 0.0342. The van der Waals surface area contributed by atoms with Crippen LogP contribution in [0.25, 0.3) is 6.08 Å². The molecule has 0 spiro atoms. The van der Waals surface area contributed by atoms with Crippen LogP contribution in [0.5, 0.6) is 5.75 Å². The summed E-state index contributed by atoms with van der Waals surface area (Å²) in [5.41, 5.74) is 3.49. The Morgan fingerprint density at radius 3 is 2.58 bits per heavy atom. The fourth-order valence-corrected chi connectivity index (χ4v) is 5.60. The summed E-state index contributed by atoms with van der Waals surface area (Å²) in [4.78, 5) is 44.3. The minimum atomic E-state index is -0.797. The topological polar surface area (TPSA) is 107 Å². The SMILES string of the molecule is COc1ccc(COC(=O)C2=C(/C=C/C=C/c3cscn3)CS[C@@H]3[C@H](NC(=O)OC(C)(C)C)C(=O)N23)cc1. The standard InChI is InChI=1S/C27H29N3O6S2/c1-27(2,3)36-26(33)29-21-23(31)30-22(25(32)35-13-17-9-11-20(34-4)12-10-17)18(14-38-24(21)30)7-5-6-8-19-15-37-16-28-19/h5-12,15-16,21,24H,13-14H2,1-4H3,(H,29,33)/b7-5+,8-6+/t21-,24-/m1/s1. The van der Waals surface area contributed by atoms with Gasteiger partial charge in [0, 0.05) is 11.1 Å². The summed E-state index contributed by atoms with van der Waals surface area (Å²) in [6.45, 7) is 5.28. The first-order valence-corrected chi connectivity index (χ1v) is 13.9. The van der Waals surface area contributed by atoms with Crippen molar-refractivity contribution in [3.8, 4) is 5.75 Å². The Kier molecular flexibility index (Phi) is 8.58. The van der Waals surface area contributed by atoms with Crippen LogP contribution in [0.15, 0.2) is 64.7 Å². The number of rotatable bonds is 8. The van der Waals surface area contributed by atoms with Gasteiger partial charge in [-0.3, -0.25) is 9.69 Å². The second kappa shape index (κ2) is 11.9. The lowest BCUT2D eigenvalue weighted by Gasteiger charge is -2.49. The number of carbonyl (C=O) groups excluding carboxylic acids is 3. The van der Waals surface area contributed by atoms with Gasteiger partial charge in [0.2, 0.25) is 0 Å². The zero-order valence-corrected chi connectivity index (χ0v) is 23.1. The maximum absolute atomic E-state index is 13.3. The fourth-order valence-electron chi connectivity index (χ4n) is 3.76. The van der Waals surface area contributed by atoms with Crippen LogP contribution in [-0.4, -0.2) is 57.7 Å². The molecule has 1 N–H and O–H groups in total. The Hall–Kier alpha value is -3.57. The van der Waals surface area contributed by atoms with Gasteiger partial charge in [-0.25, -0.2) is 14.6 Å². The highest BCUT2D eigenvalue weighted by atomic mass is 32.2. The van der Waals surface area contributed by atoms with Crippen molar-refractivity contribution in [1.29, 1.82) is 0 Å². The van der Waals surface area contributed by atoms with Gasteiger partial charge in [-0.2, -0.15) is 0 Å². The molecule has 200 valence electrons. The number of thioether (sulfide) groups is 1. The van der Waals surface area contributed by atoms with Crippen molar-refractivity contribution >= 4 is 47.1 Å². The van der Waals surface area contributed by atoms with Gasteiger partial charge in [0.05, 0.1) is 18.3 Å². The van der Waals surface area contributed by atoms with Crippen LogP contribution in [0.3, 0.4) is 0 Å². The molecule has 9 nitrogen and oxygen atoms in total. The lowest BCUT2D eigenvalue weighted by atomic mass is 10.0. The van der Waals surface area contributed by atoms with Gasteiger partial charge in [-0.05, 0) is 50.1 Å². The van der Waals surface area contributed by atoms with Crippen molar-refractivity contribution in [2.45, 2.75) is 44.4 Å². The van der Waals surface area contributed by atoms with Gasteiger partial charge in [0.1, 0.15) is 35.1 Å². The van der Waals surface area contributed by atoms with Gasteiger partial charge < -0.3 is 19.5 Å². The number of esters is 1. The average molecular weight is 556 g/mol. The maximum Gasteiger partial charge on any atom is 0.408 e. The number of alkyl carbamates (subject to hydrolysis) is 1. The van der Waals surface area contributed by atoms with Crippen molar-refractivity contribution < 1.29 is 28.6 Å². The molecule has 38 heavy (non-hydrogen) atoms. The van der Waals surface area contributed by atoms with E-state index in [9.17, 15) is 14.4 Å². The fraction of sp³-hybridized carbons (Fsp3) is 0.333. The zero-order valence-electron chi connectivity index (χ0n) is 21.5. The summed E-state index contributed by atoms with van der Waals surface area (Å²) in [5.74, 6) is 0.143. The van der Waals surface area contributed by atoms with Crippen LogP contribution in [0.4, 0.5) is 4.79 Å². The number of carbonyl (C=O) groups is 3. The molecular formula is C27H29N3O6S2. The molecule has 1 saturated heterocycles. The number of allylic oxidation sites excluding steroid dienone is 3. The molecule has 2 atom stereocenters. The first kappa shape index (κ1) is 27.5. The van der Waals surface area contributed by atoms with E-state index in [2.05, 4.69) is 10.3 Å². The third kappa shape index (κ3) is 6.65. The van der Waals surface area contributed by atoms with Gasteiger partial charge in [0.25, 0.3) is 5.91 Å². The number of methoxy groups -OCH3 is 1. The molecule has 2 aliphatic heterocycles. The Bertz CT molecular complexity index is 1260. The van der Waals surface area contributed by atoms with Crippen molar-refractivity contribution in [3.63, 3.8) is 0 Å². The van der Waals surface area contributed by atoms with E-state index < -0.39 is 35.0 Å². The molecule has 0 aliphatic carbocycles. The number of aromatic nitrogens is 1. The van der Waals surface area contributed by atoms with E-state index in [0.29, 0.717) is 17.1 Å². The number of β-lactam (4-membered cyclic amide) rings is 1. The first-order valence-electron chi connectivity index (χ1n) is 11.9. The Labute approximate surface area is 229 Å². The minimum Gasteiger partial charge on any atom is -0.497 e. The van der Waals surface area contributed by atoms with Crippen LogP contribution in [-0.2, 0) is 25.7 Å². The first-order chi connectivity index (χ1) is 18.2. The summed E-state index contributed by atoms with van der Waals surface area (Å²) < 4.78 is 16.1. The van der Waals surface area contributed by atoms with Gasteiger partial charge in [0.15, 0.2) is 0 Å². The molecule has 1 aromatic carbocycles. The summed E-state index contributed by atoms with van der Waals surface area (Å²) in [5, 5.41) is 4.11. The maximum atomic E-state index is 13.3. The predicted octanol–water partition coefficient (Wildman–Crippen LogP) is 4.53. The number of thiazole rings is 1. The number of hydrogen-bond donors (Lipinski definition) is 1. The van der Waals surface area contributed by atoms with Crippen molar-refractivity contribution in [1.82, 2.24) is 15.2 Å². The number of fused-ring (bicyclic) bond motifs is 1. The van der Waals surface area contributed by atoms with Gasteiger partial charge >= 0.3 is 12.1 Å². The number of hydrogen-bond acceptors (Lipinski definition) is 9. The highest BCUT2D eigenvalue weighted by molar-refractivity contribution is 8.00. The lowest BCUT2D eigenvalue weighted by Crippen LogP contribution is -2.70. The van der Waals surface area contributed by atoms with Crippen molar-refractivity contribution in [2.75, 3.05) is 12.9 Å². The smallest absolute Gasteiger partial charge is 0.408 e. The summed E-state index contributed by atoms with van der Waals surface area (Å²) >= 11 is 2.96. The van der Waals surface area contributed by atoms with E-state index in [-0.39, 0.29) is 12.3 Å². The summed E-state index contributed by atoms with van der Waals surface area (Å²) in [7, 11) is 1.58. The molecule has 1 aromatic heterocycles. The lowest BCUT2D eigenvalue weighted by molar-refractivity contribution is -0.152. The van der Waals surface area contributed by atoms with Gasteiger partial charge in [-0.1, -0.05) is 30.4 Å². The number of amides is 2. The summed E-state index contributed by atoms with van der Waals surface area (Å²) in [6.07, 6.45) is 6.58. The van der Waals surface area contributed by atoms with Gasteiger partial charge in [-0.15, -0.1) is 23.1 Å². The van der Waals surface area contributed by atoms with E-state index in [1.807, 2.05) is 17.5 Å². The predicted molar refractivity (Wildman–Crippen MR) is 146 cm³/mol. The summed E-state index contributed by atoms with van der Waals surface area (Å²) in [6, 6.07) is 6.38. The van der Waals surface area contributed by atoms with Crippen LogP contribution < -0.4 is 10.1 Å². The third-order valence-corrected chi connectivity index (χ3v) is 7.43. The third-order valence-electron chi connectivity index (χ3n) is 5.52. The number of nitrogens with one attached hydrogen (secondary N) is 1. The molecular weight excluding hydrogens is 526 g/mol.